The topological polar surface area (TPSA) is 0 Å². The molecular formula is GaPu3. The molecule has 0 saturated carbocycles. The minimum Gasteiger partial charge on any atom is 0 e. The molecule has 0 rings (SSSR count). The summed E-state index contributed by atoms with van der Waals surface area (Å²) in [6.45, 7) is 0. The first kappa shape index (κ1) is 25.6. The predicted octanol–water partition coefficient (Wildman–Crippen LogP) is -0.381. The van der Waals surface area contributed by atoms with Crippen LogP contribution in [0.1, 0.15) is 0 Å². The van der Waals surface area contributed by atoms with E-state index in [0.717, 1.165) is 0 Å². The molecule has 4 heavy (non-hydrogen) atoms. The Balaban J connectivity index is 0. The summed E-state index contributed by atoms with van der Waals surface area (Å²) in [6, 6.07) is 0. The van der Waals surface area contributed by atoms with Crippen molar-refractivity contribution in [3.8, 4) is 0 Å². The van der Waals surface area contributed by atoms with Crippen molar-refractivity contribution < 1.29 is 87.5 Å². The molecule has 0 spiro atoms. The van der Waals surface area contributed by atoms with E-state index in [-0.39, 0.29) is 107 Å². The van der Waals surface area contributed by atoms with Crippen LogP contribution in [0, 0.1) is 87.5 Å². The quantitative estimate of drug-likeness (QED) is 0.294. The van der Waals surface area contributed by atoms with Gasteiger partial charge in [-0.2, -0.15) is 0 Å². The van der Waals surface area contributed by atoms with E-state index in [1.54, 1.807) is 0 Å². The second kappa shape index (κ2) is 16.0. The normalized spacial score (nSPS) is 0. The number of hydrogen-bond donors (Lipinski definition) is 0. The molecule has 0 saturated heterocycles. The zero-order valence-corrected chi connectivity index (χ0v) is 14.4. The van der Waals surface area contributed by atoms with Crippen LogP contribution in [0.2, 0.25) is 0 Å². The smallest absolute Gasteiger partial charge is 0 e. The molecule has 0 aromatic rings. The van der Waals surface area contributed by atoms with Crippen LogP contribution in [-0.4, -0.2) is 19.8 Å². The minimum atomic E-state index is 0. The molecule has 0 aromatic heterocycles. The van der Waals surface area contributed by atoms with E-state index in [1.165, 1.54) is 0 Å². The fraction of sp³-hybridized carbons (Fsp3) is 0. The van der Waals surface area contributed by atoms with Crippen LogP contribution in [0.3, 0.4) is 0 Å². The molecule has 0 aliphatic rings. The summed E-state index contributed by atoms with van der Waals surface area (Å²) in [5.41, 5.74) is 0. The van der Waals surface area contributed by atoms with Crippen LogP contribution in [-0.2, 0) is 0 Å². The molecule has 0 heterocycles. The Morgan fingerprint density at radius 1 is 0.500 bits per heavy atom. The van der Waals surface area contributed by atoms with Gasteiger partial charge in [-0.3, -0.25) is 0 Å². The molecule has 0 nitrogen and oxygen atoms in total. The third kappa shape index (κ3) is 9.14. The van der Waals surface area contributed by atoms with Crippen molar-refractivity contribution in [1.29, 1.82) is 0 Å². The van der Waals surface area contributed by atoms with Gasteiger partial charge in [0.25, 0.3) is 0 Å². The number of rotatable bonds is 0. The molecule has 0 aliphatic heterocycles. The van der Waals surface area contributed by atoms with Gasteiger partial charge in [0, 0.05) is 107 Å². The maximum Gasteiger partial charge on any atom is 0 e. The Morgan fingerprint density at radius 3 is 0.500 bits per heavy atom. The van der Waals surface area contributed by atoms with Crippen LogP contribution >= 0.6 is 0 Å². The van der Waals surface area contributed by atoms with E-state index < -0.39 is 0 Å². The van der Waals surface area contributed by atoms with Crippen molar-refractivity contribution in [3.63, 3.8) is 0 Å². The summed E-state index contributed by atoms with van der Waals surface area (Å²) in [6.07, 6.45) is 0. The fourth-order valence-corrected chi connectivity index (χ4v) is 0. The molecule has 0 N–H and O–H groups in total. The third-order valence-corrected chi connectivity index (χ3v) is 0. The van der Waals surface area contributed by atoms with E-state index in [9.17, 15) is 0 Å². The Morgan fingerprint density at radius 2 is 0.500 bits per heavy atom. The molecule has 0 unspecified atom stereocenters. The van der Waals surface area contributed by atoms with E-state index >= 15 is 0 Å². The van der Waals surface area contributed by atoms with Crippen LogP contribution in [0.4, 0.5) is 0 Å². The van der Waals surface area contributed by atoms with E-state index in [0.29, 0.717) is 0 Å². The summed E-state index contributed by atoms with van der Waals surface area (Å²) in [7, 11) is 0. The second-order valence-electron chi connectivity index (χ2n) is 0. The van der Waals surface area contributed by atoms with Gasteiger partial charge in [0.15, 0.2) is 0 Å². The summed E-state index contributed by atoms with van der Waals surface area (Å²) < 4.78 is 0. The molecule has 0 aromatic carbocycles. The SMILES string of the molecule is [Ga].[Pu].[Pu].[Pu]. The predicted molar refractivity (Wildman–Crippen MR) is 5.75 cm³/mol. The first-order valence-corrected chi connectivity index (χ1v) is 0. The Bertz CT molecular complexity index is 3.25. The maximum absolute atomic E-state index is 0. The van der Waals surface area contributed by atoms with Crippen molar-refractivity contribution in [3.05, 3.63) is 0 Å². The zero-order chi connectivity index (χ0) is 0. The fourth-order valence-electron chi connectivity index (χ4n) is 0. The maximum atomic E-state index is 0. The van der Waals surface area contributed by atoms with Crippen LogP contribution < -0.4 is 0 Å². The Kier molecular flexibility index (Phi) is 102. The summed E-state index contributed by atoms with van der Waals surface area (Å²) in [5.74, 6) is 0. The van der Waals surface area contributed by atoms with Gasteiger partial charge >= 0.3 is 0 Å². The molecule has 0 aliphatic carbocycles. The van der Waals surface area contributed by atoms with E-state index in [4.69, 9.17) is 0 Å². The first-order chi connectivity index (χ1) is 0. The van der Waals surface area contributed by atoms with E-state index in [2.05, 4.69) is 0 Å². The minimum absolute atomic E-state index is 0. The van der Waals surface area contributed by atoms with Gasteiger partial charge in [-0.15, -0.1) is 0 Å². The van der Waals surface area contributed by atoms with E-state index in [1.807, 2.05) is 0 Å². The monoisotopic (exact) mass is 783 g/mol. The first-order valence-electron chi connectivity index (χ1n) is 0. The van der Waals surface area contributed by atoms with Crippen molar-refractivity contribution in [2.24, 2.45) is 0 Å². The van der Waals surface area contributed by atoms with Gasteiger partial charge in [0.2, 0.25) is 0 Å². The summed E-state index contributed by atoms with van der Waals surface area (Å²) >= 11 is 0. The Labute approximate surface area is 105 Å². The molecule has 0 atom stereocenters. The van der Waals surface area contributed by atoms with Gasteiger partial charge in [-0.05, 0) is 0 Å². The molecular weight excluding hydrogens is 802 g/mol. The molecule has 3 radical (unpaired) electrons. The van der Waals surface area contributed by atoms with Crippen molar-refractivity contribution in [1.82, 2.24) is 0 Å². The summed E-state index contributed by atoms with van der Waals surface area (Å²) in [5, 5.41) is 0. The van der Waals surface area contributed by atoms with Gasteiger partial charge in [-0.25, -0.2) is 0 Å². The largest absolute Gasteiger partial charge is 0 e. The standard InChI is InChI=1S/Ga.3Pu. The zero-order valence-electron chi connectivity index (χ0n) is 1.80. The number of hydrogen-bond acceptors (Lipinski definition) is 0. The van der Waals surface area contributed by atoms with Gasteiger partial charge in [0.1, 0.15) is 0 Å². The van der Waals surface area contributed by atoms with Crippen molar-refractivity contribution in [2.75, 3.05) is 0 Å². The van der Waals surface area contributed by atoms with Gasteiger partial charge in [-0.1, -0.05) is 0 Å². The van der Waals surface area contributed by atoms with Gasteiger partial charge in [0.05, 0.1) is 0 Å². The van der Waals surface area contributed by atoms with Gasteiger partial charge < -0.3 is 0 Å². The van der Waals surface area contributed by atoms with Crippen LogP contribution in [0.25, 0.3) is 0 Å². The Hall–Kier alpha value is 3.60. The molecule has 0 fully saturated rings. The molecule has 21 valence electrons. The van der Waals surface area contributed by atoms with Crippen LogP contribution in [0.5, 0.6) is 0 Å². The second-order valence-corrected chi connectivity index (χ2v) is 0. The van der Waals surface area contributed by atoms with Crippen molar-refractivity contribution >= 4 is 19.8 Å². The molecule has 0 amide bonds. The molecule has 0 bridgehead atoms. The average molecular weight is 802 g/mol. The molecule has 4 heteroatoms. The third-order valence-electron chi connectivity index (χ3n) is 0. The summed E-state index contributed by atoms with van der Waals surface area (Å²) in [4.78, 5) is 0. The van der Waals surface area contributed by atoms with Crippen LogP contribution in [0.15, 0.2) is 0 Å². The van der Waals surface area contributed by atoms with Crippen molar-refractivity contribution in [2.45, 2.75) is 0 Å². The average Bonchev–Trinajstić information content (AvgIpc) is 0.